The largest absolute Gasteiger partial charge is 0.344 e. The lowest BCUT2D eigenvalue weighted by Crippen LogP contribution is -2.28. The van der Waals surface area contributed by atoms with Gasteiger partial charge in [0, 0.05) is 30.6 Å². The molecule has 3 heteroatoms. The van der Waals surface area contributed by atoms with E-state index in [1.54, 1.807) is 0 Å². The molecule has 0 atom stereocenters. The number of aryl methyl sites for hydroxylation is 1. The zero-order valence-electron chi connectivity index (χ0n) is 16.1. The summed E-state index contributed by atoms with van der Waals surface area (Å²) in [6.07, 6.45) is 6.52. The van der Waals surface area contributed by atoms with Gasteiger partial charge in [0.15, 0.2) is 0 Å². The highest BCUT2D eigenvalue weighted by Gasteiger charge is 2.13. The number of aromatic nitrogens is 1. The Bertz CT molecular complexity index is 1130. The van der Waals surface area contributed by atoms with Gasteiger partial charge >= 0.3 is 0 Å². The Morgan fingerprint density at radius 2 is 1.50 bits per heavy atom. The summed E-state index contributed by atoms with van der Waals surface area (Å²) in [5.74, 6) is 0. The standard InChI is InChI=1S/C25H23N2S/c1-26(21-14-7-4-8-15-21)22(20-12-5-3-6-13-20)17-11-19-25-27(2)23-16-9-10-18-24(23)28-25/h3-19H,1-2H3/q+1. The van der Waals surface area contributed by atoms with Gasteiger partial charge in [0.25, 0.3) is 5.01 Å². The highest BCUT2D eigenvalue weighted by Crippen LogP contribution is 2.25. The van der Waals surface area contributed by atoms with E-state index in [1.165, 1.54) is 26.5 Å². The van der Waals surface area contributed by atoms with Crippen LogP contribution in [0.1, 0.15) is 10.6 Å². The van der Waals surface area contributed by atoms with Crippen LogP contribution in [-0.2, 0) is 7.05 Å². The molecule has 0 aliphatic rings. The Labute approximate surface area is 170 Å². The maximum atomic E-state index is 2.24. The number of anilines is 1. The molecule has 3 aromatic carbocycles. The third kappa shape index (κ3) is 3.75. The van der Waals surface area contributed by atoms with Crippen molar-refractivity contribution in [3.05, 3.63) is 108 Å². The first-order valence-corrected chi connectivity index (χ1v) is 10.2. The van der Waals surface area contributed by atoms with Gasteiger partial charge in [0.2, 0.25) is 5.52 Å². The molecule has 0 aliphatic carbocycles. The molecular formula is C25H23N2S+. The molecular weight excluding hydrogens is 360 g/mol. The van der Waals surface area contributed by atoms with E-state index in [0.717, 1.165) is 5.70 Å². The van der Waals surface area contributed by atoms with E-state index in [4.69, 9.17) is 0 Å². The van der Waals surface area contributed by atoms with Crippen LogP contribution >= 0.6 is 11.3 Å². The lowest BCUT2D eigenvalue weighted by molar-refractivity contribution is -0.642. The number of hydrogen-bond acceptors (Lipinski definition) is 2. The van der Waals surface area contributed by atoms with Crippen molar-refractivity contribution in [1.82, 2.24) is 0 Å². The number of rotatable bonds is 5. The molecule has 4 aromatic rings. The molecule has 2 nitrogen and oxygen atoms in total. The van der Waals surface area contributed by atoms with Crippen LogP contribution in [0, 0.1) is 0 Å². The number of allylic oxidation sites excluding steroid dienone is 2. The fourth-order valence-corrected chi connectivity index (χ4v) is 4.35. The molecule has 0 amide bonds. The van der Waals surface area contributed by atoms with E-state index in [1.807, 2.05) is 17.4 Å². The average Bonchev–Trinajstić information content (AvgIpc) is 3.08. The summed E-state index contributed by atoms with van der Waals surface area (Å²) in [6, 6.07) is 29.5. The second-order valence-electron chi connectivity index (χ2n) is 6.64. The summed E-state index contributed by atoms with van der Waals surface area (Å²) < 4.78 is 3.55. The lowest BCUT2D eigenvalue weighted by Gasteiger charge is -2.23. The first-order valence-electron chi connectivity index (χ1n) is 9.34. The van der Waals surface area contributed by atoms with Crippen LogP contribution in [0.5, 0.6) is 0 Å². The van der Waals surface area contributed by atoms with Crippen LogP contribution < -0.4 is 9.47 Å². The molecule has 0 bridgehead atoms. The Morgan fingerprint density at radius 3 is 2.21 bits per heavy atom. The van der Waals surface area contributed by atoms with E-state index < -0.39 is 0 Å². The van der Waals surface area contributed by atoms with E-state index in [-0.39, 0.29) is 0 Å². The zero-order chi connectivity index (χ0) is 19.3. The molecule has 0 fully saturated rings. The van der Waals surface area contributed by atoms with E-state index in [0.29, 0.717) is 0 Å². The SMILES string of the molecule is CN(/C(=C/C=C/c1sc2ccccc2[n+]1C)c1ccccc1)c1ccccc1. The molecule has 0 spiro atoms. The third-order valence-corrected chi connectivity index (χ3v) is 6.02. The van der Waals surface area contributed by atoms with Crippen molar-refractivity contribution in [2.24, 2.45) is 7.05 Å². The molecule has 1 heterocycles. The van der Waals surface area contributed by atoms with Crippen molar-refractivity contribution in [2.45, 2.75) is 0 Å². The molecule has 138 valence electrons. The third-order valence-electron chi connectivity index (χ3n) is 4.84. The van der Waals surface area contributed by atoms with Crippen LogP contribution in [0.25, 0.3) is 22.0 Å². The fraction of sp³-hybridized carbons (Fsp3) is 0.0800. The molecule has 0 aliphatic heterocycles. The molecule has 0 unspecified atom stereocenters. The minimum absolute atomic E-state index is 1.16. The first kappa shape index (κ1) is 18.2. The van der Waals surface area contributed by atoms with Gasteiger partial charge in [-0.25, -0.2) is 0 Å². The van der Waals surface area contributed by atoms with Crippen molar-refractivity contribution < 1.29 is 4.57 Å². The summed E-state index contributed by atoms with van der Waals surface area (Å²) in [4.78, 5) is 2.23. The smallest absolute Gasteiger partial charge is 0.262 e. The van der Waals surface area contributed by atoms with Gasteiger partial charge < -0.3 is 4.90 Å². The van der Waals surface area contributed by atoms with E-state index in [2.05, 4.69) is 121 Å². The quantitative estimate of drug-likeness (QED) is 0.307. The number of benzene rings is 3. The van der Waals surface area contributed by atoms with Crippen LogP contribution in [0.2, 0.25) is 0 Å². The topological polar surface area (TPSA) is 7.12 Å². The predicted molar refractivity (Wildman–Crippen MR) is 121 cm³/mol. The predicted octanol–water partition coefficient (Wildman–Crippen LogP) is 5.92. The highest BCUT2D eigenvalue weighted by molar-refractivity contribution is 7.18. The van der Waals surface area contributed by atoms with Crippen molar-refractivity contribution in [3.8, 4) is 0 Å². The maximum Gasteiger partial charge on any atom is 0.262 e. The molecule has 0 radical (unpaired) electrons. The molecule has 1 aromatic heterocycles. The van der Waals surface area contributed by atoms with Crippen LogP contribution in [0.15, 0.2) is 97.1 Å². The van der Waals surface area contributed by atoms with Crippen molar-refractivity contribution in [3.63, 3.8) is 0 Å². The van der Waals surface area contributed by atoms with Crippen LogP contribution in [-0.4, -0.2) is 7.05 Å². The number of nitrogens with zero attached hydrogens (tertiary/aromatic N) is 2. The lowest BCUT2D eigenvalue weighted by atomic mass is 10.1. The summed E-state index contributed by atoms with van der Waals surface area (Å²) >= 11 is 1.81. The molecule has 0 saturated carbocycles. The van der Waals surface area contributed by atoms with Crippen LogP contribution in [0.3, 0.4) is 0 Å². The maximum absolute atomic E-state index is 2.24. The summed E-state index contributed by atoms with van der Waals surface area (Å²) in [5.41, 5.74) is 4.78. The first-order chi connectivity index (χ1) is 13.7. The molecule has 28 heavy (non-hydrogen) atoms. The number of hydrogen-bond donors (Lipinski definition) is 0. The molecule has 4 rings (SSSR count). The van der Waals surface area contributed by atoms with E-state index in [9.17, 15) is 0 Å². The van der Waals surface area contributed by atoms with Crippen molar-refractivity contribution in [2.75, 3.05) is 11.9 Å². The summed E-state index contributed by atoms with van der Waals surface area (Å²) in [6.45, 7) is 0. The highest BCUT2D eigenvalue weighted by atomic mass is 32.1. The summed E-state index contributed by atoms with van der Waals surface area (Å²) in [7, 11) is 4.23. The Balaban J connectivity index is 1.70. The Kier molecular flexibility index (Phi) is 5.36. The fourth-order valence-electron chi connectivity index (χ4n) is 3.29. The van der Waals surface area contributed by atoms with Crippen molar-refractivity contribution in [1.29, 1.82) is 0 Å². The van der Waals surface area contributed by atoms with Gasteiger partial charge in [-0.05, 0) is 29.8 Å². The molecule has 0 saturated heterocycles. The normalized spacial score (nSPS) is 12.0. The second-order valence-corrected chi connectivity index (χ2v) is 7.70. The van der Waals surface area contributed by atoms with Gasteiger partial charge in [-0.3, -0.25) is 0 Å². The Hall–Kier alpha value is -3.17. The monoisotopic (exact) mass is 383 g/mol. The minimum atomic E-state index is 1.16. The van der Waals surface area contributed by atoms with Gasteiger partial charge in [-0.2, -0.15) is 4.57 Å². The number of fused-ring (bicyclic) bond motifs is 1. The van der Waals surface area contributed by atoms with Gasteiger partial charge in [-0.15, -0.1) is 0 Å². The van der Waals surface area contributed by atoms with Gasteiger partial charge in [-0.1, -0.05) is 78.1 Å². The Morgan fingerprint density at radius 1 is 0.857 bits per heavy atom. The molecule has 0 N–H and O–H groups in total. The minimum Gasteiger partial charge on any atom is -0.344 e. The number of para-hydroxylation sites is 2. The zero-order valence-corrected chi connectivity index (χ0v) is 16.9. The van der Waals surface area contributed by atoms with Gasteiger partial charge in [0.1, 0.15) is 11.7 Å². The number of thiazole rings is 1. The van der Waals surface area contributed by atoms with Crippen LogP contribution in [0.4, 0.5) is 5.69 Å². The van der Waals surface area contributed by atoms with Crippen molar-refractivity contribution >= 4 is 39.0 Å². The average molecular weight is 384 g/mol. The second kappa shape index (κ2) is 8.24. The summed E-state index contributed by atoms with van der Waals surface area (Å²) in [5, 5.41) is 1.23. The van der Waals surface area contributed by atoms with Gasteiger partial charge in [0.05, 0.1) is 0 Å². The van der Waals surface area contributed by atoms with E-state index >= 15 is 0 Å².